The molecule has 1 aromatic carbocycles. The number of rotatable bonds is 5. The number of halogens is 1. The van der Waals surface area contributed by atoms with Crippen molar-refractivity contribution in [1.29, 1.82) is 0 Å². The molecule has 0 atom stereocenters. The van der Waals surface area contributed by atoms with Crippen LogP contribution in [0.2, 0.25) is 0 Å². The van der Waals surface area contributed by atoms with Crippen LogP contribution < -0.4 is 9.88 Å². The van der Waals surface area contributed by atoms with Gasteiger partial charge in [-0.15, -0.1) is 0 Å². The van der Waals surface area contributed by atoms with Gasteiger partial charge < -0.3 is 4.74 Å². The summed E-state index contributed by atoms with van der Waals surface area (Å²) in [5.74, 6) is 0.785. The molecular weight excluding hydrogens is 360 g/mol. The normalized spacial score (nSPS) is 11.9. The summed E-state index contributed by atoms with van der Waals surface area (Å²) in [6, 6.07) is 4.75. The highest BCUT2D eigenvalue weighted by molar-refractivity contribution is 9.10. The zero-order valence-electron chi connectivity index (χ0n) is 11.5. The number of sulfonamides is 1. The molecule has 0 saturated carbocycles. The second kappa shape index (κ2) is 6.12. The van der Waals surface area contributed by atoms with Gasteiger partial charge in [-0.1, -0.05) is 15.9 Å². The van der Waals surface area contributed by atoms with Gasteiger partial charge in [-0.25, -0.2) is 23.2 Å². The lowest BCUT2D eigenvalue weighted by atomic mass is 10.3. The Hall–Kier alpha value is -1.45. The van der Waals surface area contributed by atoms with Crippen LogP contribution in [0.15, 0.2) is 33.9 Å². The van der Waals surface area contributed by atoms with Crippen LogP contribution in [-0.4, -0.2) is 23.2 Å². The molecule has 0 amide bonds. The van der Waals surface area contributed by atoms with Crippen molar-refractivity contribution in [1.82, 2.24) is 14.8 Å². The molecule has 2 aromatic rings. The molecule has 21 heavy (non-hydrogen) atoms. The number of hydrogen-bond acceptors (Lipinski definition) is 5. The van der Waals surface area contributed by atoms with Crippen molar-refractivity contribution in [2.45, 2.75) is 31.4 Å². The minimum absolute atomic E-state index is 0.0764. The molecule has 2 rings (SSSR count). The summed E-state index contributed by atoms with van der Waals surface area (Å²) in [4.78, 5) is 4.02. The first-order valence-corrected chi connectivity index (χ1v) is 8.46. The lowest BCUT2D eigenvalue weighted by Crippen LogP contribution is -2.15. The number of hydrogen-bond donors (Lipinski definition) is 1. The second-order valence-corrected chi connectivity index (χ2v) is 7.08. The highest BCUT2D eigenvalue weighted by Crippen LogP contribution is 2.27. The largest absolute Gasteiger partial charge is 0.484 e. The molecule has 0 unspecified atom stereocenters. The molecule has 0 spiro atoms. The smallest absolute Gasteiger partial charge is 0.241 e. The van der Waals surface area contributed by atoms with E-state index in [1.165, 1.54) is 12.4 Å². The number of aromatic nitrogens is 3. The summed E-state index contributed by atoms with van der Waals surface area (Å²) in [6.07, 6.45) is 1.43. The molecule has 0 fully saturated rings. The van der Waals surface area contributed by atoms with Gasteiger partial charge in [0.25, 0.3) is 0 Å². The first-order valence-electron chi connectivity index (χ1n) is 6.12. The third-order valence-electron chi connectivity index (χ3n) is 2.71. The lowest BCUT2D eigenvalue weighted by Gasteiger charge is -2.12. The van der Waals surface area contributed by atoms with Crippen LogP contribution >= 0.6 is 15.9 Å². The third-order valence-corrected chi connectivity index (χ3v) is 4.13. The van der Waals surface area contributed by atoms with Gasteiger partial charge in [-0.05, 0) is 32.0 Å². The van der Waals surface area contributed by atoms with Crippen LogP contribution in [0.25, 0.3) is 0 Å². The minimum atomic E-state index is -3.87. The molecule has 7 nitrogen and oxygen atoms in total. The molecular formula is C12H15BrN4O3S. The van der Waals surface area contributed by atoms with Gasteiger partial charge >= 0.3 is 0 Å². The van der Waals surface area contributed by atoms with Crippen LogP contribution in [-0.2, 0) is 16.6 Å². The fourth-order valence-corrected chi connectivity index (χ4v) is 2.99. The lowest BCUT2D eigenvalue weighted by molar-refractivity contribution is 0.275. The molecule has 0 aliphatic carbocycles. The van der Waals surface area contributed by atoms with Gasteiger partial charge in [-0.3, -0.25) is 0 Å². The van der Waals surface area contributed by atoms with Crippen molar-refractivity contribution in [3.63, 3.8) is 0 Å². The summed E-state index contributed by atoms with van der Waals surface area (Å²) in [6.45, 7) is 4.03. The Morgan fingerprint density at radius 2 is 2.14 bits per heavy atom. The van der Waals surface area contributed by atoms with E-state index in [1.807, 2.05) is 13.8 Å². The van der Waals surface area contributed by atoms with Gasteiger partial charge in [0.2, 0.25) is 10.0 Å². The number of nitrogens with two attached hydrogens (primary N) is 1. The van der Waals surface area contributed by atoms with Gasteiger partial charge in [0.15, 0.2) is 5.82 Å². The Morgan fingerprint density at radius 3 is 2.76 bits per heavy atom. The third kappa shape index (κ3) is 3.80. The van der Waals surface area contributed by atoms with Crippen molar-refractivity contribution < 1.29 is 13.2 Å². The fraction of sp³-hybridized carbons (Fsp3) is 0.333. The topological polar surface area (TPSA) is 100 Å². The monoisotopic (exact) mass is 374 g/mol. The summed E-state index contributed by atoms with van der Waals surface area (Å²) >= 11 is 3.21. The molecule has 1 aromatic heterocycles. The maximum atomic E-state index is 11.6. The molecule has 2 N–H and O–H groups in total. The van der Waals surface area contributed by atoms with Gasteiger partial charge in [0, 0.05) is 10.5 Å². The number of ether oxygens (including phenoxy) is 1. The fourth-order valence-electron chi connectivity index (χ4n) is 1.77. The Morgan fingerprint density at radius 1 is 1.43 bits per heavy atom. The summed E-state index contributed by atoms with van der Waals surface area (Å²) < 4.78 is 31.0. The van der Waals surface area contributed by atoms with E-state index in [-0.39, 0.29) is 23.3 Å². The first kappa shape index (κ1) is 15.9. The Labute approximate surface area is 131 Å². The van der Waals surface area contributed by atoms with E-state index in [0.29, 0.717) is 10.3 Å². The molecule has 0 radical (unpaired) electrons. The maximum Gasteiger partial charge on any atom is 0.241 e. The second-order valence-electron chi connectivity index (χ2n) is 4.64. The molecule has 0 aliphatic heterocycles. The van der Waals surface area contributed by atoms with E-state index >= 15 is 0 Å². The molecule has 0 aliphatic rings. The van der Waals surface area contributed by atoms with E-state index < -0.39 is 10.0 Å². The van der Waals surface area contributed by atoms with Gasteiger partial charge in [0.05, 0.1) is 0 Å². The van der Waals surface area contributed by atoms with Crippen LogP contribution in [0.3, 0.4) is 0 Å². The van der Waals surface area contributed by atoms with Gasteiger partial charge in [0.1, 0.15) is 23.6 Å². The van der Waals surface area contributed by atoms with E-state index in [2.05, 4.69) is 26.0 Å². The highest BCUT2D eigenvalue weighted by Gasteiger charge is 2.17. The summed E-state index contributed by atoms with van der Waals surface area (Å²) in [5.41, 5.74) is 0. The van der Waals surface area contributed by atoms with Gasteiger partial charge in [-0.2, -0.15) is 5.10 Å². The van der Waals surface area contributed by atoms with E-state index in [1.54, 1.807) is 16.8 Å². The van der Waals surface area contributed by atoms with Crippen LogP contribution in [0.1, 0.15) is 25.7 Å². The predicted octanol–water partition coefficient (Wildman–Crippen LogP) is 1.85. The Balaban J connectivity index is 2.27. The zero-order valence-corrected chi connectivity index (χ0v) is 13.9. The van der Waals surface area contributed by atoms with Crippen molar-refractivity contribution >= 4 is 26.0 Å². The van der Waals surface area contributed by atoms with Crippen LogP contribution in [0.4, 0.5) is 0 Å². The maximum absolute atomic E-state index is 11.6. The summed E-state index contributed by atoms with van der Waals surface area (Å²) in [5, 5.41) is 9.28. The van der Waals surface area contributed by atoms with E-state index in [0.717, 1.165) is 0 Å². The number of benzene rings is 1. The van der Waals surface area contributed by atoms with Crippen LogP contribution in [0.5, 0.6) is 5.75 Å². The average Bonchev–Trinajstić information content (AvgIpc) is 2.84. The van der Waals surface area contributed by atoms with Crippen molar-refractivity contribution in [2.24, 2.45) is 5.14 Å². The first-order chi connectivity index (χ1) is 9.79. The minimum Gasteiger partial charge on any atom is -0.484 e. The Bertz CT molecular complexity index is 743. The highest BCUT2D eigenvalue weighted by atomic mass is 79.9. The number of primary sulfonamides is 1. The molecule has 9 heteroatoms. The predicted molar refractivity (Wildman–Crippen MR) is 80.3 cm³/mol. The van der Waals surface area contributed by atoms with Crippen molar-refractivity contribution in [3.05, 3.63) is 34.8 Å². The SMILES string of the molecule is CC(C)n1ncnc1COc1ccc(Br)cc1S(N)(=O)=O. The summed E-state index contributed by atoms with van der Waals surface area (Å²) in [7, 11) is -3.87. The van der Waals surface area contributed by atoms with Crippen molar-refractivity contribution in [3.8, 4) is 5.75 Å². The zero-order chi connectivity index (χ0) is 15.6. The molecule has 114 valence electrons. The molecule has 0 saturated heterocycles. The Kier molecular flexibility index (Phi) is 4.64. The number of nitrogens with zero attached hydrogens (tertiary/aromatic N) is 3. The standard InChI is InChI=1S/C12H15BrN4O3S/c1-8(2)17-12(15-7-16-17)6-20-10-4-3-9(13)5-11(10)21(14,18)19/h3-5,7-8H,6H2,1-2H3,(H2,14,18,19). The van der Waals surface area contributed by atoms with E-state index in [9.17, 15) is 8.42 Å². The molecule has 0 bridgehead atoms. The average molecular weight is 375 g/mol. The van der Waals surface area contributed by atoms with Crippen LogP contribution in [0, 0.1) is 0 Å². The quantitative estimate of drug-likeness (QED) is 0.860. The molecule has 1 heterocycles. The van der Waals surface area contributed by atoms with Crippen molar-refractivity contribution in [2.75, 3.05) is 0 Å². The van der Waals surface area contributed by atoms with E-state index in [4.69, 9.17) is 9.88 Å².